The van der Waals surface area contributed by atoms with Crippen molar-refractivity contribution in [1.82, 2.24) is 9.71 Å². The summed E-state index contributed by atoms with van der Waals surface area (Å²) in [5.74, 6) is -0.474. The molecule has 7 heteroatoms. The standard InChI is InChI=1S/C12H13FN2O2S2/c1-12(2,11-14-7-8-18-11)15-19(16,17)10-5-3-9(13)4-6-10/h3-8,15H,1-2H3. The van der Waals surface area contributed by atoms with Gasteiger partial charge in [0.2, 0.25) is 10.0 Å². The largest absolute Gasteiger partial charge is 0.248 e. The van der Waals surface area contributed by atoms with Crippen LogP contribution < -0.4 is 4.72 Å². The number of benzene rings is 1. The van der Waals surface area contributed by atoms with Crippen LogP contribution in [-0.2, 0) is 15.6 Å². The lowest BCUT2D eigenvalue weighted by atomic mass is 10.1. The molecule has 0 amide bonds. The van der Waals surface area contributed by atoms with Gasteiger partial charge in [-0.3, -0.25) is 0 Å². The highest BCUT2D eigenvalue weighted by molar-refractivity contribution is 7.89. The van der Waals surface area contributed by atoms with E-state index < -0.39 is 21.4 Å². The van der Waals surface area contributed by atoms with Gasteiger partial charge in [-0.25, -0.2) is 17.8 Å². The maximum atomic E-state index is 12.8. The van der Waals surface area contributed by atoms with Crippen LogP contribution >= 0.6 is 11.3 Å². The van der Waals surface area contributed by atoms with Gasteiger partial charge in [-0.05, 0) is 38.1 Å². The van der Waals surface area contributed by atoms with Gasteiger partial charge in [0.05, 0.1) is 10.4 Å². The Labute approximate surface area is 115 Å². The molecule has 0 radical (unpaired) electrons. The van der Waals surface area contributed by atoms with Crippen LogP contribution in [-0.4, -0.2) is 13.4 Å². The molecular weight excluding hydrogens is 287 g/mol. The van der Waals surface area contributed by atoms with E-state index >= 15 is 0 Å². The van der Waals surface area contributed by atoms with Gasteiger partial charge in [0.25, 0.3) is 0 Å². The smallest absolute Gasteiger partial charge is 0.241 e. The average molecular weight is 300 g/mol. The first-order valence-electron chi connectivity index (χ1n) is 5.51. The number of hydrogen-bond acceptors (Lipinski definition) is 4. The Morgan fingerprint density at radius 1 is 1.26 bits per heavy atom. The molecule has 1 heterocycles. The van der Waals surface area contributed by atoms with Gasteiger partial charge in [0.1, 0.15) is 10.8 Å². The number of nitrogens with zero attached hydrogens (tertiary/aromatic N) is 1. The Kier molecular flexibility index (Phi) is 3.71. The highest BCUT2D eigenvalue weighted by Crippen LogP contribution is 2.24. The normalized spacial score (nSPS) is 12.6. The molecule has 0 atom stereocenters. The zero-order valence-corrected chi connectivity index (χ0v) is 12.1. The summed E-state index contributed by atoms with van der Waals surface area (Å²) in [6.07, 6.45) is 1.62. The molecule has 1 N–H and O–H groups in total. The Morgan fingerprint density at radius 2 is 1.89 bits per heavy atom. The molecule has 0 aliphatic rings. The zero-order chi connectivity index (χ0) is 14.1. The fourth-order valence-corrected chi connectivity index (χ4v) is 3.75. The van der Waals surface area contributed by atoms with E-state index in [1.165, 1.54) is 23.5 Å². The van der Waals surface area contributed by atoms with Crippen molar-refractivity contribution >= 4 is 21.4 Å². The fourth-order valence-electron chi connectivity index (χ4n) is 1.58. The van der Waals surface area contributed by atoms with Crippen LogP contribution in [0.3, 0.4) is 0 Å². The molecule has 2 rings (SSSR count). The van der Waals surface area contributed by atoms with Gasteiger partial charge in [0.15, 0.2) is 0 Å². The first-order valence-corrected chi connectivity index (χ1v) is 7.87. The summed E-state index contributed by atoms with van der Waals surface area (Å²) in [6.45, 7) is 3.46. The summed E-state index contributed by atoms with van der Waals surface area (Å²) in [5, 5.41) is 2.45. The maximum absolute atomic E-state index is 12.8. The van der Waals surface area contributed by atoms with Crippen molar-refractivity contribution in [3.63, 3.8) is 0 Å². The summed E-state index contributed by atoms with van der Waals surface area (Å²) in [5.41, 5.74) is -0.818. The van der Waals surface area contributed by atoms with Crippen LogP contribution in [0, 0.1) is 5.82 Å². The molecular formula is C12H13FN2O2S2. The fraction of sp³-hybridized carbons (Fsp3) is 0.250. The number of hydrogen-bond donors (Lipinski definition) is 1. The molecule has 0 fully saturated rings. The van der Waals surface area contributed by atoms with Crippen molar-refractivity contribution in [3.8, 4) is 0 Å². The number of nitrogens with one attached hydrogen (secondary N) is 1. The minimum atomic E-state index is -3.71. The molecule has 102 valence electrons. The second-order valence-corrected chi connectivity index (χ2v) is 7.10. The molecule has 0 unspecified atom stereocenters. The summed E-state index contributed by atoms with van der Waals surface area (Å²) < 4.78 is 39.8. The van der Waals surface area contributed by atoms with Crippen molar-refractivity contribution in [2.45, 2.75) is 24.3 Å². The third-order valence-corrected chi connectivity index (χ3v) is 5.25. The lowest BCUT2D eigenvalue weighted by molar-refractivity contribution is 0.470. The van der Waals surface area contributed by atoms with Crippen molar-refractivity contribution in [2.75, 3.05) is 0 Å². The molecule has 0 aliphatic heterocycles. The SMILES string of the molecule is CC(C)(NS(=O)(=O)c1ccc(F)cc1)c1nccs1. The van der Waals surface area contributed by atoms with Gasteiger partial charge in [-0.2, -0.15) is 4.72 Å². The number of halogens is 1. The highest BCUT2D eigenvalue weighted by atomic mass is 32.2. The van der Waals surface area contributed by atoms with Crippen molar-refractivity contribution in [3.05, 3.63) is 46.7 Å². The van der Waals surface area contributed by atoms with Crippen LogP contribution in [0.25, 0.3) is 0 Å². The van der Waals surface area contributed by atoms with Gasteiger partial charge in [-0.15, -0.1) is 11.3 Å². The summed E-state index contributed by atoms with van der Waals surface area (Å²) in [7, 11) is -3.71. The first kappa shape index (κ1) is 14.1. The van der Waals surface area contributed by atoms with E-state index in [-0.39, 0.29) is 4.90 Å². The monoisotopic (exact) mass is 300 g/mol. The van der Waals surface area contributed by atoms with Crippen LogP contribution in [0.4, 0.5) is 4.39 Å². The Hall–Kier alpha value is -1.31. The third-order valence-electron chi connectivity index (χ3n) is 2.48. The molecule has 4 nitrogen and oxygen atoms in total. The predicted molar refractivity (Wildman–Crippen MR) is 71.9 cm³/mol. The molecule has 19 heavy (non-hydrogen) atoms. The lowest BCUT2D eigenvalue weighted by Crippen LogP contribution is -2.40. The molecule has 2 aromatic rings. The molecule has 1 aromatic heterocycles. The molecule has 1 aromatic carbocycles. The molecule has 0 saturated carbocycles. The van der Waals surface area contributed by atoms with Crippen LogP contribution in [0.15, 0.2) is 40.7 Å². The third kappa shape index (κ3) is 3.17. The number of aromatic nitrogens is 1. The Morgan fingerprint density at radius 3 is 2.42 bits per heavy atom. The van der Waals surface area contributed by atoms with E-state index in [2.05, 4.69) is 9.71 Å². The van der Waals surface area contributed by atoms with Crippen molar-refractivity contribution in [1.29, 1.82) is 0 Å². The minimum absolute atomic E-state index is 0.0264. The zero-order valence-electron chi connectivity index (χ0n) is 10.4. The molecule has 0 bridgehead atoms. The summed E-state index contributed by atoms with van der Waals surface area (Å²) >= 11 is 1.37. The van der Waals surface area contributed by atoms with E-state index in [0.717, 1.165) is 12.1 Å². The van der Waals surface area contributed by atoms with Gasteiger partial charge in [0, 0.05) is 11.6 Å². The highest BCUT2D eigenvalue weighted by Gasteiger charge is 2.29. The lowest BCUT2D eigenvalue weighted by Gasteiger charge is -2.23. The number of rotatable bonds is 4. The Bertz CT molecular complexity index is 650. The van der Waals surface area contributed by atoms with Crippen molar-refractivity contribution in [2.24, 2.45) is 0 Å². The number of thiazole rings is 1. The van der Waals surface area contributed by atoms with Crippen molar-refractivity contribution < 1.29 is 12.8 Å². The first-order chi connectivity index (χ1) is 8.81. The second kappa shape index (κ2) is 4.99. The summed E-state index contributed by atoms with van der Waals surface area (Å²) in [4.78, 5) is 4.14. The molecule has 0 aliphatic carbocycles. The van der Waals surface area contributed by atoms with E-state index in [1.54, 1.807) is 25.4 Å². The van der Waals surface area contributed by atoms with E-state index in [4.69, 9.17) is 0 Å². The summed E-state index contributed by atoms with van der Waals surface area (Å²) in [6, 6.07) is 4.70. The average Bonchev–Trinajstić information content (AvgIpc) is 2.82. The van der Waals surface area contributed by atoms with Crippen LogP contribution in [0.2, 0.25) is 0 Å². The van der Waals surface area contributed by atoms with Gasteiger partial charge in [-0.1, -0.05) is 0 Å². The van der Waals surface area contributed by atoms with Crippen LogP contribution in [0.5, 0.6) is 0 Å². The second-order valence-electron chi connectivity index (χ2n) is 4.52. The predicted octanol–water partition coefficient (Wildman–Crippen LogP) is 2.50. The topological polar surface area (TPSA) is 59.1 Å². The van der Waals surface area contributed by atoms with E-state index in [9.17, 15) is 12.8 Å². The van der Waals surface area contributed by atoms with Gasteiger partial charge >= 0.3 is 0 Å². The molecule has 0 saturated heterocycles. The van der Waals surface area contributed by atoms with Crippen LogP contribution in [0.1, 0.15) is 18.9 Å². The maximum Gasteiger partial charge on any atom is 0.241 e. The molecule has 0 spiro atoms. The quantitative estimate of drug-likeness (QED) is 0.943. The van der Waals surface area contributed by atoms with E-state index in [1.807, 2.05) is 0 Å². The van der Waals surface area contributed by atoms with Gasteiger partial charge < -0.3 is 0 Å². The minimum Gasteiger partial charge on any atom is -0.248 e. The Balaban J connectivity index is 2.29. The number of sulfonamides is 1. The van der Waals surface area contributed by atoms with E-state index in [0.29, 0.717) is 5.01 Å².